The number of hydrogen-bond donors (Lipinski definition) is 0. The zero-order valence-corrected chi connectivity index (χ0v) is 17.0. The van der Waals surface area contributed by atoms with E-state index in [0.717, 1.165) is 21.1 Å². The van der Waals surface area contributed by atoms with E-state index in [1.807, 2.05) is 32.0 Å². The molecule has 0 aliphatic rings. The van der Waals surface area contributed by atoms with Crippen LogP contribution in [0.3, 0.4) is 0 Å². The highest BCUT2D eigenvalue weighted by molar-refractivity contribution is 7.89. The molecule has 3 rings (SSSR count). The summed E-state index contributed by atoms with van der Waals surface area (Å²) in [6, 6.07) is 12.5. The summed E-state index contributed by atoms with van der Waals surface area (Å²) in [6.45, 7) is 4.54. The summed E-state index contributed by atoms with van der Waals surface area (Å²) in [5, 5.41) is 0.752. The van der Waals surface area contributed by atoms with Crippen LogP contribution in [0.15, 0.2) is 53.6 Å². The summed E-state index contributed by atoms with van der Waals surface area (Å²) in [5.74, 6) is 0.500. The average Bonchev–Trinajstić information content (AvgIpc) is 3.14. The first-order chi connectivity index (χ1) is 13.0. The second kappa shape index (κ2) is 8.16. The van der Waals surface area contributed by atoms with E-state index in [4.69, 9.17) is 4.74 Å². The Balaban J connectivity index is 1.97. The number of benzene rings is 1. The van der Waals surface area contributed by atoms with E-state index in [1.165, 1.54) is 15.6 Å². The number of methoxy groups -OCH3 is 1. The van der Waals surface area contributed by atoms with Crippen LogP contribution in [-0.2, 0) is 10.0 Å². The van der Waals surface area contributed by atoms with Gasteiger partial charge in [-0.15, -0.1) is 11.3 Å². The van der Waals surface area contributed by atoms with Gasteiger partial charge in [0, 0.05) is 19.3 Å². The number of thiazole rings is 1. The van der Waals surface area contributed by atoms with Crippen LogP contribution in [0.2, 0.25) is 0 Å². The molecule has 0 unspecified atom stereocenters. The molecule has 0 fully saturated rings. The highest BCUT2D eigenvalue weighted by Gasteiger charge is 2.22. The van der Waals surface area contributed by atoms with Crippen molar-refractivity contribution in [3.63, 3.8) is 0 Å². The second-order valence-corrected chi connectivity index (χ2v) is 8.62. The van der Waals surface area contributed by atoms with E-state index in [2.05, 4.69) is 9.97 Å². The molecule has 3 aromatic rings. The summed E-state index contributed by atoms with van der Waals surface area (Å²) >= 11 is 1.46. The monoisotopic (exact) mass is 403 g/mol. The standard InChI is InChI=1S/C19H21N3O3S2/c1-4-22(5-2)27(23,24)15-11-9-14(10-12-15)17-18(25-3)21-19(26-17)16-8-6-7-13-20-16/h6-13H,4-5H2,1-3H3. The minimum atomic E-state index is -3.47. The van der Waals surface area contributed by atoms with Gasteiger partial charge in [0.15, 0.2) is 0 Å². The molecule has 0 atom stereocenters. The maximum atomic E-state index is 12.6. The molecule has 0 spiro atoms. The minimum absolute atomic E-state index is 0.281. The van der Waals surface area contributed by atoms with Gasteiger partial charge < -0.3 is 4.74 Å². The Morgan fingerprint density at radius 1 is 1.07 bits per heavy atom. The molecule has 0 saturated carbocycles. The molecule has 8 heteroatoms. The quantitative estimate of drug-likeness (QED) is 0.598. The van der Waals surface area contributed by atoms with Gasteiger partial charge in [0.2, 0.25) is 15.9 Å². The summed E-state index contributed by atoms with van der Waals surface area (Å²) in [5.41, 5.74) is 1.62. The third-order valence-electron chi connectivity index (χ3n) is 4.13. The van der Waals surface area contributed by atoms with Crippen molar-refractivity contribution in [2.24, 2.45) is 0 Å². The maximum absolute atomic E-state index is 12.6. The number of pyridine rings is 1. The lowest BCUT2D eigenvalue weighted by molar-refractivity contribution is 0.402. The van der Waals surface area contributed by atoms with Crippen molar-refractivity contribution >= 4 is 21.4 Å². The minimum Gasteiger partial charge on any atom is -0.480 e. The Kier molecular flexibility index (Phi) is 5.88. The van der Waals surface area contributed by atoms with Crippen LogP contribution in [0.4, 0.5) is 0 Å². The number of rotatable bonds is 7. The lowest BCUT2D eigenvalue weighted by Gasteiger charge is -2.18. The molecule has 0 N–H and O–H groups in total. The van der Waals surface area contributed by atoms with E-state index < -0.39 is 10.0 Å². The zero-order chi connectivity index (χ0) is 19.4. The van der Waals surface area contributed by atoms with Gasteiger partial charge in [0.05, 0.1) is 22.6 Å². The number of aromatic nitrogens is 2. The number of ether oxygens (including phenoxy) is 1. The number of nitrogens with zero attached hydrogens (tertiary/aromatic N) is 3. The molecule has 0 aliphatic carbocycles. The second-order valence-electron chi connectivity index (χ2n) is 5.69. The first-order valence-corrected chi connectivity index (χ1v) is 10.8. The van der Waals surface area contributed by atoms with Gasteiger partial charge in [-0.05, 0) is 29.8 Å². The number of hydrogen-bond acceptors (Lipinski definition) is 6. The van der Waals surface area contributed by atoms with Crippen molar-refractivity contribution in [1.29, 1.82) is 0 Å². The lowest BCUT2D eigenvalue weighted by atomic mass is 10.2. The fraction of sp³-hybridized carbons (Fsp3) is 0.263. The summed E-state index contributed by atoms with van der Waals surface area (Å²) in [4.78, 5) is 9.95. The van der Waals surface area contributed by atoms with Crippen molar-refractivity contribution < 1.29 is 13.2 Å². The highest BCUT2D eigenvalue weighted by atomic mass is 32.2. The molecule has 0 bridgehead atoms. The van der Waals surface area contributed by atoms with Crippen LogP contribution in [0.25, 0.3) is 21.1 Å². The van der Waals surface area contributed by atoms with E-state index in [0.29, 0.717) is 19.0 Å². The van der Waals surface area contributed by atoms with Crippen LogP contribution in [-0.4, -0.2) is 42.9 Å². The Morgan fingerprint density at radius 2 is 1.78 bits per heavy atom. The smallest absolute Gasteiger partial charge is 0.243 e. The van der Waals surface area contributed by atoms with Crippen molar-refractivity contribution in [1.82, 2.24) is 14.3 Å². The van der Waals surface area contributed by atoms with Gasteiger partial charge in [-0.25, -0.2) is 8.42 Å². The van der Waals surface area contributed by atoms with E-state index in [9.17, 15) is 8.42 Å². The highest BCUT2D eigenvalue weighted by Crippen LogP contribution is 2.39. The fourth-order valence-corrected chi connectivity index (χ4v) is 5.19. The average molecular weight is 404 g/mol. The van der Waals surface area contributed by atoms with Gasteiger partial charge in [0.1, 0.15) is 5.01 Å². The van der Waals surface area contributed by atoms with Gasteiger partial charge in [-0.1, -0.05) is 32.0 Å². The summed E-state index contributed by atoms with van der Waals surface area (Å²) in [6.07, 6.45) is 1.72. The Morgan fingerprint density at radius 3 is 2.33 bits per heavy atom. The van der Waals surface area contributed by atoms with Gasteiger partial charge in [-0.3, -0.25) is 4.98 Å². The molecule has 142 valence electrons. The molecule has 27 heavy (non-hydrogen) atoms. The van der Waals surface area contributed by atoms with Gasteiger partial charge >= 0.3 is 0 Å². The molecule has 0 saturated heterocycles. The van der Waals surface area contributed by atoms with Gasteiger partial charge in [-0.2, -0.15) is 9.29 Å². The zero-order valence-electron chi connectivity index (χ0n) is 15.4. The fourth-order valence-electron chi connectivity index (χ4n) is 2.72. The first kappa shape index (κ1) is 19.5. The van der Waals surface area contributed by atoms with E-state index in [1.54, 1.807) is 37.6 Å². The van der Waals surface area contributed by atoms with E-state index in [-0.39, 0.29) is 4.90 Å². The van der Waals surface area contributed by atoms with Crippen LogP contribution in [0, 0.1) is 0 Å². The van der Waals surface area contributed by atoms with Crippen molar-refractivity contribution in [3.05, 3.63) is 48.7 Å². The van der Waals surface area contributed by atoms with Crippen LogP contribution >= 0.6 is 11.3 Å². The summed E-state index contributed by atoms with van der Waals surface area (Å²) < 4.78 is 32.1. The first-order valence-electron chi connectivity index (χ1n) is 8.58. The van der Waals surface area contributed by atoms with Crippen LogP contribution in [0.5, 0.6) is 5.88 Å². The normalized spacial score (nSPS) is 11.7. The van der Waals surface area contributed by atoms with E-state index >= 15 is 0 Å². The summed E-state index contributed by atoms with van der Waals surface area (Å²) in [7, 11) is -1.90. The molecular weight excluding hydrogens is 382 g/mol. The largest absolute Gasteiger partial charge is 0.480 e. The molecular formula is C19H21N3O3S2. The van der Waals surface area contributed by atoms with Crippen LogP contribution < -0.4 is 4.74 Å². The maximum Gasteiger partial charge on any atom is 0.243 e. The van der Waals surface area contributed by atoms with Crippen molar-refractivity contribution in [3.8, 4) is 27.0 Å². The molecule has 0 amide bonds. The molecule has 6 nitrogen and oxygen atoms in total. The third-order valence-corrected chi connectivity index (χ3v) is 7.31. The molecule has 2 heterocycles. The van der Waals surface area contributed by atoms with Gasteiger partial charge in [0.25, 0.3) is 0 Å². The number of sulfonamides is 1. The SMILES string of the molecule is CCN(CC)S(=O)(=O)c1ccc(-c2sc(-c3ccccn3)nc2OC)cc1. The molecule has 1 aromatic carbocycles. The van der Waals surface area contributed by atoms with Crippen LogP contribution in [0.1, 0.15) is 13.8 Å². The van der Waals surface area contributed by atoms with Crippen molar-refractivity contribution in [2.45, 2.75) is 18.7 Å². The Labute approximate surface area is 163 Å². The van der Waals surface area contributed by atoms with Crippen molar-refractivity contribution in [2.75, 3.05) is 20.2 Å². The Hall–Kier alpha value is -2.29. The third kappa shape index (κ3) is 3.87. The lowest BCUT2D eigenvalue weighted by Crippen LogP contribution is -2.30. The predicted octanol–water partition coefficient (Wildman–Crippen LogP) is 3.91. The molecule has 0 aliphatic heterocycles. The predicted molar refractivity (Wildman–Crippen MR) is 107 cm³/mol. The molecule has 0 radical (unpaired) electrons. The molecule has 2 aromatic heterocycles. The Bertz CT molecular complexity index is 996. The topological polar surface area (TPSA) is 72.4 Å².